The van der Waals surface area contributed by atoms with Gasteiger partial charge in [0.05, 0.1) is 16.3 Å². The Labute approximate surface area is 132 Å². The number of nitro benzene ring substituents is 1. The summed E-state index contributed by atoms with van der Waals surface area (Å²) in [5.41, 5.74) is 8.40. The second-order valence-electron chi connectivity index (χ2n) is 5.17. The Morgan fingerprint density at radius 1 is 1.22 bits per heavy atom. The van der Waals surface area contributed by atoms with Crippen molar-refractivity contribution in [2.75, 3.05) is 5.32 Å². The number of nitrogens with one attached hydrogen (secondary N) is 1. The van der Waals surface area contributed by atoms with Crippen LogP contribution in [-0.2, 0) is 4.79 Å². The molecule has 1 atom stereocenters. The Morgan fingerprint density at radius 3 is 2.57 bits per heavy atom. The summed E-state index contributed by atoms with van der Waals surface area (Å²) in [6.45, 7) is 1.64. The average molecular weight is 310 g/mol. The molecule has 1 amide bonds. The normalized spacial score (nSPS) is 16.9. The van der Waals surface area contributed by atoms with E-state index in [0.717, 1.165) is 5.56 Å². The molecule has 0 aromatic heterocycles. The summed E-state index contributed by atoms with van der Waals surface area (Å²) in [6.07, 6.45) is -1.07. The molecule has 7 nitrogen and oxygen atoms in total. The average Bonchev–Trinajstić information content (AvgIpc) is 2.66. The minimum Gasteiger partial charge on any atom is -0.322 e. The van der Waals surface area contributed by atoms with Crippen molar-refractivity contribution in [1.82, 2.24) is 0 Å². The van der Waals surface area contributed by atoms with Crippen molar-refractivity contribution in [3.05, 3.63) is 69.3 Å². The first-order valence-electron chi connectivity index (χ1n) is 6.97. The molecule has 0 bridgehead atoms. The van der Waals surface area contributed by atoms with Crippen molar-refractivity contribution in [3.63, 3.8) is 0 Å². The maximum Gasteiger partial charge on any atom is 0.273 e. The fourth-order valence-corrected chi connectivity index (χ4v) is 2.59. The molecule has 116 valence electrons. The number of hydrogen-bond acceptors (Lipinski definition) is 5. The molecule has 1 aliphatic heterocycles. The van der Waals surface area contributed by atoms with E-state index in [-0.39, 0.29) is 5.69 Å². The molecule has 0 spiro atoms. The van der Waals surface area contributed by atoms with Crippen LogP contribution in [0, 0.1) is 17.0 Å². The van der Waals surface area contributed by atoms with Gasteiger partial charge in [-0.1, -0.05) is 30.3 Å². The van der Waals surface area contributed by atoms with Gasteiger partial charge in [-0.25, -0.2) is 0 Å². The van der Waals surface area contributed by atoms with Gasteiger partial charge in [-0.15, -0.1) is 0 Å². The van der Waals surface area contributed by atoms with Gasteiger partial charge in [0.1, 0.15) is 0 Å². The second-order valence-corrected chi connectivity index (χ2v) is 5.17. The van der Waals surface area contributed by atoms with Gasteiger partial charge in [0, 0.05) is 22.8 Å². The first-order valence-corrected chi connectivity index (χ1v) is 6.97. The molecule has 1 unspecified atom stereocenters. The maximum absolute atomic E-state index is 12.0. The highest BCUT2D eigenvalue weighted by Crippen LogP contribution is 2.32. The Morgan fingerprint density at radius 2 is 1.91 bits per heavy atom. The number of nitrogens with two attached hydrogens (primary N) is 1. The van der Waals surface area contributed by atoms with Crippen molar-refractivity contribution < 1.29 is 9.72 Å². The number of carbonyl (C=O) groups excluding carboxylic acids is 1. The number of rotatable bonds is 2. The van der Waals surface area contributed by atoms with Crippen molar-refractivity contribution in [3.8, 4) is 0 Å². The third-order valence-electron chi connectivity index (χ3n) is 3.71. The zero-order chi connectivity index (χ0) is 16.6. The number of aliphatic imine (C=N–C) groups is 1. The summed E-state index contributed by atoms with van der Waals surface area (Å²) in [6, 6.07) is 12.0. The van der Waals surface area contributed by atoms with Crippen LogP contribution in [0.15, 0.2) is 47.5 Å². The summed E-state index contributed by atoms with van der Waals surface area (Å²) in [5.74, 6) is -0.453. The number of nitrogens with zero attached hydrogens (tertiary/aromatic N) is 2. The van der Waals surface area contributed by atoms with Gasteiger partial charge in [0.25, 0.3) is 11.6 Å². The van der Waals surface area contributed by atoms with E-state index in [1.807, 2.05) is 30.3 Å². The van der Waals surface area contributed by atoms with Gasteiger partial charge in [-0.3, -0.25) is 19.9 Å². The van der Waals surface area contributed by atoms with Crippen molar-refractivity contribution in [2.24, 2.45) is 10.7 Å². The third kappa shape index (κ3) is 2.58. The molecule has 3 rings (SSSR count). The van der Waals surface area contributed by atoms with E-state index in [1.165, 1.54) is 12.1 Å². The van der Waals surface area contributed by atoms with Crippen LogP contribution < -0.4 is 11.1 Å². The molecule has 1 aliphatic rings. The highest BCUT2D eigenvalue weighted by atomic mass is 16.6. The zero-order valence-corrected chi connectivity index (χ0v) is 12.3. The van der Waals surface area contributed by atoms with Crippen LogP contribution >= 0.6 is 0 Å². The SMILES string of the molecule is Cc1c([N+](=O)[O-])ccc2c1C(c1ccccc1)=NC(N)C(=O)N2. The van der Waals surface area contributed by atoms with E-state index in [9.17, 15) is 14.9 Å². The summed E-state index contributed by atoms with van der Waals surface area (Å²) in [7, 11) is 0. The molecule has 2 aromatic rings. The van der Waals surface area contributed by atoms with Gasteiger partial charge in [0.15, 0.2) is 6.17 Å². The van der Waals surface area contributed by atoms with E-state index in [1.54, 1.807) is 6.92 Å². The van der Waals surface area contributed by atoms with E-state index in [0.29, 0.717) is 22.5 Å². The molecule has 2 aromatic carbocycles. The number of nitro groups is 1. The van der Waals surface area contributed by atoms with E-state index < -0.39 is 17.0 Å². The highest BCUT2D eigenvalue weighted by Gasteiger charge is 2.27. The monoisotopic (exact) mass is 310 g/mol. The second kappa shape index (κ2) is 5.62. The van der Waals surface area contributed by atoms with Gasteiger partial charge in [-0.2, -0.15) is 0 Å². The van der Waals surface area contributed by atoms with Crippen LogP contribution in [0.4, 0.5) is 11.4 Å². The Bertz CT molecular complexity index is 831. The molecule has 0 saturated carbocycles. The molecular weight excluding hydrogens is 296 g/mol. The lowest BCUT2D eigenvalue weighted by atomic mass is 9.95. The first-order chi connectivity index (χ1) is 11.0. The number of anilines is 1. The smallest absolute Gasteiger partial charge is 0.273 e. The maximum atomic E-state index is 12.0. The summed E-state index contributed by atoms with van der Waals surface area (Å²) >= 11 is 0. The molecule has 1 heterocycles. The van der Waals surface area contributed by atoms with Crippen LogP contribution in [0.1, 0.15) is 16.7 Å². The predicted molar refractivity (Wildman–Crippen MR) is 86.5 cm³/mol. The Hall–Kier alpha value is -3.06. The molecule has 0 radical (unpaired) electrons. The predicted octanol–water partition coefficient (Wildman–Crippen LogP) is 1.98. The van der Waals surface area contributed by atoms with Crippen LogP contribution in [0.5, 0.6) is 0 Å². The summed E-state index contributed by atoms with van der Waals surface area (Å²) in [4.78, 5) is 27.1. The fraction of sp³-hybridized carbons (Fsp3) is 0.125. The summed E-state index contributed by atoms with van der Waals surface area (Å²) < 4.78 is 0. The number of benzodiazepines with no additional fused rings is 1. The molecular formula is C16H14N4O3. The fourth-order valence-electron chi connectivity index (χ4n) is 2.59. The lowest BCUT2D eigenvalue weighted by Crippen LogP contribution is -2.33. The molecule has 3 N–H and O–H groups in total. The topological polar surface area (TPSA) is 111 Å². The van der Waals surface area contributed by atoms with Crippen molar-refractivity contribution >= 4 is 23.0 Å². The van der Waals surface area contributed by atoms with E-state index in [2.05, 4.69) is 10.3 Å². The zero-order valence-electron chi connectivity index (χ0n) is 12.3. The standard InChI is InChI=1S/C16H14N4O3/c1-9-12(20(22)23)8-7-11-13(9)14(10-5-3-2-4-6-10)19-15(17)16(21)18-11/h2-8,15H,17H2,1H3,(H,18,21). The van der Waals surface area contributed by atoms with Gasteiger partial charge in [0.2, 0.25) is 0 Å². The molecule has 23 heavy (non-hydrogen) atoms. The third-order valence-corrected chi connectivity index (χ3v) is 3.71. The Balaban J connectivity index is 2.32. The molecule has 0 fully saturated rings. The van der Waals surface area contributed by atoms with Crippen molar-refractivity contribution in [1.29, 1.82) is 0 Å². The largest absolute Gasteiger partial charge is 0.322 e. The summed E-state index contributed by atoms with van der Waals surface area (Å²) in [5, 5.41) is 13.9. The van der Waals surface area contributed by atoms with Crippen molar-refractivity contribution in [2.45, 2.75) is 13.1 Å². The van der Waals surface area contributed by atoms with Gasteiger partial charge >= 0.3 is 0 Å². The van der Waals surface area contributed by atoms with Crippen LogP contribution in [0.25, 0.3) is 0 Å². The minimum absolute atomic E-state index is 0.0305. The lowest BCUT2D eigenvalue weighted by molar-refractivity contribution is -0.385. The van der Waals surface area contributed by atoms with Crippen LogP contribution in [0.2, 0.25) is 0 Å². The van der Waals surface area contributed by atoms with E-state index in [4.69, 9.17) is 5.73 Å². The van der Waals surface area contributed by atoms with Crippen LogP contribution in [0.3, 0.4) is 0 Å². The number of benzene rings is 2. The number of carbonyl (C=O) groups is 1. The van der Waals surface area contributed by atoms with Crippen LogP contribution in [-0.4, -0.2) is 22.7 Å². The molecule has 0 aliphatic carbocycles. The molecule has 0 saturated heterocycles. The number of fused-ring (bicyclic) bond motifs is 1. The van der Waals surface area contributed by atoms with Gasteiger partial charge in [-0.05, 0) is 13.0 Å². The molecule has 7 heteroatoms. The quantitative estimate of drug-likeness (QED) is 0.652. The number of amides is 1. The first kappa shape index (κ1) is 14.9. The van der Waals surface area contributed by atoms with Gasteiger partial charge < -0.3 is 11.1 Å². The van der Waals surface area contributed by atoms with E-state index >= 15 is 0 Å². The number of hydrogen-bond donors (Lipinski definition) is 2. The Kier molecular flexibility index (Phi) is 3.63. The highest BCUT2D eigenvalue weighted by molar-refractivity contribution is 6.20. The minimum atomic E-state index is -1.07. The lowest BCUT2D eigenvalue weighted by Gasteiger charge is -2.13.